The zero-order valence-corrected chi connectivity index (χ0v) is 16.9. The van der Waals surface area contributed by atoms with Crippen molar-refractivity contribution in [1.82, 2.24) is 5.32 Å². The number of rotatable bonds is 6. The predicted molar refractivity (Wildman–Crippen MR) is 106 cm³/mol. The van der Waals surface area contributed by atoms with E-state index in [-0.39, 0.29) is 24.7 Å². The third kappa shape index (κ3) is 4.68. The summed E-state index contributed by atoms with van der Waals surface area (Å²) in [5.74, 6) is -3.05. The van der Waals surface area contributed by atoms with E-state index < -0.39 is 36.7 Å². The van der Waals surface area contributed by atoms with Gasteiger partial charge in [-0.3, -0.25) is 4.79 Å². The van der Waals surface area contributed by atoms with E-state index >= 15 is 0 Å². The molecule has 0 aliphatic carbocycles. The maximum absolute atomic E-state index is 13.3. The molecule has 9 heteroatoms. The lowest BCUT2D eigenvalue weighted by atomic mass is 9.75. The second-order valence-corrected chi connectivity index (χ2v) is 7.55. The van der Waals surface area contributed by atoms with Crippen LogP contribution < -0.4 is 10.8 Å². The first-order valence-corrected chi connectivity index (χ1v) is 9.52. The van der Waals surface area contributed by atoms with Gasteiger partial charge in [0, 0.05) is 11.6 Å². The number of carbonyl (C=O) groups excluding carboxylic acids is 2. The topological polar surface area (TPSA) is 84.9 Å². The molecule has 0 aromatic heterocycles. The van der Waals surface area contributed by atoms with Crippen molar-refractivity contribution in [2.75, 3.05) is 0 Å². The molecule has 1 atom stereocenters. The Kier molecular flexibility index (Phi) is 6.53. The fourth-order valence-electron chi connectivity index (χ4n) is 3.41. The van der Waals surface area contributed by atoms with Crippen molar-refractivity contribution in [3.05, 3.63) is 64.2 Å². The number of esters is 1. The molecular formula is C21H22BF2NO5. The van der Waals surface area contributed by atoms with E-state index in [9.17, 15) is 23.4 Å². The van der Waals surface area contributed by atoms with Crippen LogP contribution in [0.2, 0.25) is 0 Å². The Morgan fingerprint density at radius 3 is 2.53 bits per heavy atom. The van der Waals surface area contributed by atoms with Gasteiger partial charge in [0.15, 0.2) is 0 Å². The van der Waals surface area contributed by atoms with Gasteiger partial charge in [-0.15, -0.1) is 0 Å². The van der Waals surface area contributed by atoms with Crippen molar-refractivity contribution in [3.8, 4) is 0 Å². The van der Waals surface area contributed by atoms with Crippen molar-refractivity contribution >= 4 is 24.5 Å². The van der Waals surface area contributed by atoms with E-state index in [1.165, 1.54) is 0 Å². The first-order chi connectivity index (χ1) is 14.2. The summed E-state index contributed by atoms with van der Waals surface area (Å²) in [6.45, 7) is 5.12. The summed E-state index contributed by atoms with van der Waals surface area (Å²) in [5.41, 5.74) is 2.40. The van der Waals surface area contributed by atoms with Gasteiger partial charge in [-0.2, -0.15) is 0 Å². The fraction of sp³-hybridized carbons (Fsp3) is 0.333. The van der Waals surface area contributed by atoms with Crippen LogP contribution in [0.3, 0.4) is 0 Å². The van der Waals surface area contributed by atoms with Gasteiger partial charge >= 0.3 is 13.1 Å². The number of nitrogens with one attached hydrogen (secondary N) is 1. The largest absolute Gasteiger partial charge is 0.492 e. The second kappa shape index (κ2) is 8.93. The van der Waals surface area contributed by atoms with Crippen molar-refractivity contribution in [1.29, 1.82) is 0 Å². The van der Waals surface area contributed by atoms with Crippen molar-refractivity contribution < 1.29 is 32.8 Å². The molecule has 1 amide bonds. The molecule has 30 heavy (non-hydrogen) atoms. The number of carbonyl (C=O) groups is 2. The van der Waals surface area contributed by atoms with Crippen LogP contribution >= 0.6 is 0 Å². The fourth-order valence-corrected chi connectivity index (χ4v) is 3.41. The van der Waals surface area contributed by atoms with Gasteiger partial charge in [-0.25, -0.2) is 13.6 Å². The number of halogens is 2. The average molecular weight is 417 g/mol. The first kappa shape index (κ1) is 21.9. The number of ether oxygens (including phenoxy) is 1. The molecular weight excluding hydrogens is 395 g/mol. The maximum atomic E-state index is 13.3. The highest BCUT2D eigenvalue weighted by molar-refractivity contribution is 6.62. The molecule has 0 radical (unpaired) electrons. The van der Waals surface area contributed by atoms with Crippen molar-refractivity contribution in [3.63, 3.8) is 0 Å². The molecule has 158 valence electrons. The van der Waals surface area contributed by atoms with Crippen LogP contribution in [0.15, 0.2) is 30.3 Å². The minimum absolute atomic E-state index is 0.165. The highest BCUT2D eigenvalue weighted by Gasteiger charge is 2.32. The number of hydrogen-bond donors (Lipinski definition) is 2. The van der Waals surface area contributed by atoms with Gasteiger partial charge in [0.05, 0.1) is 6.61 Å². The van der Waals surface area contributed by atoms with Gasteiger partial charge in [-0.05, 0) is 53.2 Å². The molecule has 2 aromatic carbocycles. The van der Waals surface area contributed by atoms with Crippen LogP contribution in [-0.4, -0.2) is 30.1 Å². The molecule has 1 aliphatic rings. The summed E-state index contributed by atoms with van der Waals surface area (Å²) in [6.07, 6.45) is 0. The summed E-state index contributed by atoms with van der Waals surface area (Å²) in [7, 11) is -1.09. The Morgan fingerprint density at radius 2 is 1.90 bits per heavy atom. The third-order valence-electron chi connectivity index (χ3n) is 5.00. The summed E-state index contributed by atoms with van der Waals surface area (Å²) in [6, 6.07) is 5.22. The Balaban J connectivity index is 1.71. The number of amides is 1. The molecule has 1 heterocycles. The molecule has 2 aromatic rings. The minimum atomic E-state index is -1.09. The van der Waals surface area contributed by atoms with Crippen LogP contribution in [0.5, 0.6) is 0 Å². The summed E-state index contributed by atoms with van der Waals surface area (Å²) in [4.78, 5) is 25.3. The smallest absolute Gasteiger partial charge is 0.459 e. The lowest BCUT2D eigenvalue weighted by Gasteiger charge is -2.22. The predicted octanol–water partition coefficient (Wildman–Crippen LogP) is 1.99. The summed E-state index contributed by atoms with van der Waals surface area (Å²) < 4.78 is 36.9. The third-order valence-corrected chi connectivity index (χ3v) is 5.00. The maximum Gasteiger partial charge on any atom is 0.492 e. The number of hydrogen-bond acceptors (Lipinski definition) is 5. The normalized spacial score (nSPS) is 13.9. The highest BCUT2D eigenvalue weighted by atomic mass is 19.1. The van der Waals surface area contributed by atoms with Crippen LogP contribution in [0.25, 0.3) is 0 Å². The van der Waals surface area contributed by atoms with Crippen molar-refractivity contribution in [2.24, 2.45) is 5.92 Å². The van der Waals surface area contributed by atoms with Crippen LogP contribution in [0.4, 0.5) is 8.78 Å². The zero-order valence-electron chi connectivity index (χ0n) is 16.9. The van der Waals surface area contributed by atoms with Gasteiger partial charge in [0.1, 0.15) is 24.3 Å². The quantitative estimate of drug-likeness (QED) is 0.555. The molecule has 0 spiro atoms. The lowest BCUT2D eigenvalue weighted by molar-refractivity contribution is -0.148. The van der Waals surface area contributed by atoms with Crippen LogP contribution in [-0.2, 0) is 27.4 Å². The summed E-state index contributed by atoms with van der Waals surface area (Å²) in [5, 5.41) is 12.6. The number of fused-ring (bicyclic) bond motifs is 1. The molecule has 2 N–H and O–H groups in total. The van der Waals surface area contributed by atoms with Gasteiger partial charge < -0.3 is 19.7 Å². The van der Waals surface area contributed by atoms with Crippen LogP contribution in [0, 0.1) is 24.5 Å². The molecule has 3 rings (SSSR count). The Labute approximate surface area is 173 Å². The van der Waals surface area contributed by atoms with E-state index in [1.807, 2.05) is 0 Å². The van der Waals surface area contributed by atoms with Gasteiger partial charge in [0.25, 0.3) is 5.91 Å². The van der Waals surface area contributed by atoms with E-state index in [1.54, 1.807) is 32.9 Å². The standard InChI is InChI=1S/C21H22BF2NO5/c1-11(2)19(21(27)29-9-13-6-15(23)8-16(24)7-13)25-20(26)17-5-4-14-10-30-22(28)18(14)12(17)3/h4-8,11,19,28H,9-10H2,1-3H3,(H,25,26). The Bertz CT molecular complexity index is 962. The molecule has 0 saturated carbocycles. The molecule has 0 saturated heterocycles. The van der Waals surface area contributed by atoms with E-state index in [0.29, 0.717) is 16.6 Å². The Morgan fingerprint density at radius 1 is 1.23 bits per heavy atom. The second-order valence-electron chi connectivity index (χ2n) is 7.55. The average Bonchev–Trinajstić information content (AvgIpc) is 3.05. The van der Waals surface area contributed by atoms with Gasteiger partial charge in [0.2, 0.25) is 0 Å². The summed E-state index contributed by atoms with van der Waals surface area (Å²) >= 11 is 0. The SMILES string of the molecule is Cc1c(C(=O)NC(C(=O)OCc2cc(F)cc(F)c2)C(C)C)ccc2c1B(O)OC2. The Hall–Kier alpha value is -2.78. The van der Waals surface area contributed by atoms with E-state index in [0.717, 1.165) is 23.8 Å². The molecule has 1 unspecified atom stereocenters. The molecule has 1 aliphatic heterocycles. The highest BCUT2D eigenvalue weighted by Crippen LogP contribution is 2.17. The molecule has 6 nitrogen and oxygen atoms in total. The lowest BCUT2D eigenvalue weighted by Crippen LogP contribution is -2.46. The zero-order chi connectivity index (χ0) is 22.0. The van der Waals surface area contributed by atoms with E-state index in [4.69, 9.17) is 9.39 Å². The molecule has 0 bridgehead atoms. The monoisotopic (exact) mass is 417 g/mol. The minimum Gasteiger partial charge on any atom is -0.459 e. The van der Waals surface area contributed by atoms with Gasteiger partial charge in [-0.1, -0.05) is 19.9 Å². The van der Waals surface area contributed by atoms with E-state index in [2.05, 4.69) is 5.32 Å². The van der Waals surface area contributed by atoms with Crippen molar-refractivity contribution in [2.45, 2.75) is 40.0 Å². The first-order valence-electron chi connectivity index (χ1n) is 9.52. The van der Waals surface area contributed by atoms with Crippen LogP contribution in [0.1, 0.15) is 40.9 Å². The number of benzene rings is 2. The molecule has 0 fully saturated rings.